The van der Waals surface area contributed by atoms with E-state index in [9.17, 15) is 19.7 Å². The molecule has 0 aliphatic heterocycles. The van der Waals surface area contributed by atoms with Crippen molar-refractivity contribution in [1.82, 2.24) is 0 Å². The van der Waals surface area contributed by atoms with Crippen molar-refractivity contribution >= 4 is 52.1 Å². The van der Waals surface area contributed by atoms with Crippen molar-refractivity contribution < 1.29 is 14.5 Å². The van der Waals surface area contributed by atoms with Crippen molar-refractivity contribution in [2.24, 2.45) is 0 Å². The van der Waals surface area contributed by atoms with Crippen LogP contribution in [0.15, 0.2) is 18.2 Å². The number of amides is 2. The number of nitrogens with one attached hydrogen (secondary N) is 2. The minimum Gasteiger partial charge on any atom is -0.325 e. The number of nitro groups is 1. The third kappa shape index (κ3) is 4.38. The van der Waals surface area contributed by atoms with Crippen LogP contribution in [0.3, 0.4) is 0 Å². The molecule has 2 N–H and O–H groups in total. The Morgan fingerprint density at radius 1 is 1.16 bits per heavy atom. The summed E-state index contributed by atoms with van der Waals surface area (Å²) in [5.74, 6) is -1.65. The average Bonchev–Trinajstić information content (AvgIpc) is 2.38. The van der Waals surface area contributed by atoms with Crippen molar-refractivity contribution in [3.05, 3.63) is 28.3 Å². The number of nitro benzene ring substituents is 1. The van der Waals surface area contributed by atoms with E-state index in [0.717, 1.165) is 6.07 Å². The highest BCUT2D eigenvalue weighted by molar-refractivity contribution is 6.29. The largest absolute Gasteiger partial charge is 0.325 e. The lowest BCUT2D eigenvalue weighted by atomic mass is 10.2. The average molecular weight is 306 g/mol. The maximum atomic E-state index is 11.2. The van der Waals surface area contributed by atoms with E-state index in [1.165, 1.54) is 12.1 Å². The molecule has 0 fully saturated rings. The first kappa shape index (κ1) is 15.2. The Hall–Kier alpha value is -1.86. The Bertz CT molecular complexity index is 521. The number of halogens is 2. The van der Waals surface area contributed by atoms with E-state index >= 15 is 0 Å². The molecule has 0 radical (unpaired) electrons. The molecule has 0 atom stereocenters. The molecule has 0 saturated carbocycles. The fourth-order valence-corrected chi connectivity index (χ4v) is 1.38. The Balaban J connectivity index is 3.07. The molecule has 7 nitrogen and oxygen atoms in total. The van der Waals surface area contributed by atoms with Gasteiger partial charge in [0.1, 0.15) is 17.4 Å². The molecule has 1 aromatic rings. The first-order valence-electron chi connectivity index (χ1n) is 4.98. The van der Waals surface area contributed by atoms with E-state index in [-0.39, 0.29) is 28.8 Å². The molecule has 0 aliphatic carbocycles. The lowest BCUT2D eigenvalue weighted by molar-refractivity contribution is -0.383. The highest BCUT2D eigenvalue weighted by atomic mass is 35.5. The fraction of sp³-hybridized carbons (Fsp3) is 0.200. The maximum absolute atomic E-state index is 11.2. The van der Waals surface area contributed by atoms with Gasteiger partial charge in [0.05, 0.1) is 4.92 Å². The molecule has 102 valence electrons. The zero-order valence-corrected chi connectivity index (χ0v) is 11.0. The second kappa shape index (κ2) is 6.91. The second-order valence-electron chi connectivity index (χ2n) is 3.35. The zero-order chi connectivity index (χ0) is 14.4. The van der Waals surface area contributed by atoms with Crippen LogP contribution in [-0.2, 0) is 9.59 Å². The maximum Gasteiger partial charge on any atom is 0.292 e. The standard InChI is InChI=1S/C10H9Cl2N3O4/c11-4-9(16)13-6-1-2-8(15(18)19)7(3-6)14-10(17)5-12/h1-3H,4-5H2,(H,13,16)(H,14,17). The SMILES string of the molecule is O=C(CCl)Nc1ccc([N+](=O)[O-])c(NC(=O)CCl)c1. The molecular weight excluding hydrogens is 297 g/mol. The van der Waals surface area contributed by atoms with Crippen LogP contribution in [0.5, 0.6) is 0 Å². The predicted octanol–water partition coefficient (Wildman–Crippen LogP) is 1.95. The molecule has 0 spiro atoms. The van der Waals surface area contributed by atoms with Gasteiger partial charge in [0.25, 0.3) is 5.69 Å². The Morgan fingerprint density at radius 3 is 2.26 bits per heavy atom. The minimum atomic E-state index is -0.656. The van der Waals surface area contributed by atoms with Crippen LogP contribution < -0.4 is 10.6 Å². The molecular formula is C10H9Cl2N3O4. The van der Waals surface area contributed by atoms with Crippen LogP contribution in [0, 0.1) is 10.1 Å². The molecule has 0 bridgehead atoms. The first-order chi connectivity index (χ1) is 8.97. The van der Waals surface area contributed by atoms with Gasteiger partial charge in [-0.05, 0) is 12.1 Å². The molecule has 1 rings (SSSR count). The minimum absolute atomic E-state index is 0.0528. The van der Waals surface area contributed by atoms with Gasteiger partial charge in [0.2, 0.25) is 11.8 Å². The van der Waals surface area contributed by atoms with E-state index in [1.54, 1.807) is 0 Å². The molecule has 0 aliphatic rings. The molecule has 0 aromatic heterocycles. The second-order valence-corrected chi connectivity index (χ2v) is 3.89. The molecule has 0 unspecified atom stereocenters. The van der Waals surface area contributed by atoms with Gasteiger partial charge in [-0.25, -0.2) is 0 Å². The van der Waals surface area contributed by atoms with Crippen LogP contribution in [0.2, 0.25) is 0 Å². The Morgan fingerprint density at radius 2 is 1.74 bits per heavy atom. The summed E-state index contributed by atoms with van der Waals surface area (Å²) in [6.45, 7) is 0. The summed E-state index contributed by atoms with van der Waals surface area (Å²) in [6.07, 6.45) is 0. The van der Waals surface area contributed by atoms with E-state index in [2.05, 4.69) is 10.6 Å². The zero-order valence-electron chi connectivity index (χ0n) is 9.48. The number of anilines is 2. The summed E-state index contributed by atoms with van der Waals surface area (Å²) in [6, 6.07) is 3.75. The van der Waals surface area contributed by atoms with Crippen molar-refractivity contribution in [1.29, 1.82) is 0 Å². The molecule has 19 heavy (non-hydrogen) atoms. The third-order valence-corrected chi connectivity index (χ3v) is 2.48. The number of benzene rings is 1. The lowest BCUT2D eigenvalue weighted by Gasteiger charge is -2.08. The summed E-state index contributed by atoms with van der Waals surface area (Å²) < 4.78 is 0. The summed E-state index contributed by atoms with van der Waals surface area (Å²) in [4.78, 5) is 32.4. The van der Waals surface area contributed by atoms with Crippen LogP contribution in [0.4, 0.5) is 17.1 Å². The van der Waals surface area contributed by atoms with Crippen molar-refractivity contribution in [3.8, 4) is 0 Å². The lowest BCUT2D eigenvalue weighted by Crippen LogP contribution is -2.15. The highest BCUT2D eigenvalue weighted by Crippen LogP contribution is 2.27. The molecule has 1 aromatic carbocycles. The fourth-order valence-electron chi connectivity index (χ4n) is 1.25. The number of hydrogen-bond acceptors (Lipinski definition) is 4. The van der Waals surface area contributed by atoms with Gasteiger partial charge in [0.15, 0.2) is 0 Å². The smallest absolute Gasteiger partial charge is 0.292 e. The van der Waals surface area contributed by atoms with Gasteiger partial charge >= 0.3 is 0 Å². The summed E-state index contributed by atoms with van der Waals surface area (Å²) >= 11 is 10.6. The normalized spacial score (nSPS) is 9.79. The Labute approximate surface area is 118 Å². The molecule has 2 amide bonds. The number of rotatable bonds is 5. The van der Waals surface area contributed by atoms with Crippen molar-refractivity contribution in [2.45, 2.75) is 0 Å². The van der Waals surface area contributed by atoms with E-state index in [1.807, 2.05) is 0 Å². The van der Waals surface area contributed by atoms with Crippen molar-refractivity contribution in [3.63, 3.8) is 0 Å². The molecule has 0 saturated heterocycles. The van der Waals surface area contributed by atoms with Crippen LogP contribution in [-0.4, -0.2) is 28.5 Å². The van der Waals surface area contributed by atoms with Crippen LogP contribution >= 0.6 is 23.2 Å². The van der Waals surface area contributed by atoms with Gasteiger partial charge in [-0.15, -0.1) is 23.2 Å². The van der Waals surface area contributed by atoms with E-state index in [4.69, 9.17) is 23.2 Å². The predicted molar refractivity (Wildman–Crippen MR) is 71.8 cm³/mol. The van der Waals surface area contributed by atoms with Gasteiger partial charge in [0, 0.05) is 11.8 Å². The highest BCUT2D eigenvalue weighted by Gasteiger charge is 2.16. The van der Waals surface area contributed by atoms with Crippen LogP contribution in [0.25, 0.3) is 0 Å². The summed E-state index contributed by atoms with van der Waals surface area (Å²) in [7, 11) is 0. The quantitative estimate of drug-likeness (QED) is 0.493. The van der Waals surface area contributed by atoms with Gasteiger partial charge in [-0.2, -0.15) is 0 Å². The molecule has 0 heterocycles. The number of carbonyl (C=O) groups excluding carboxylic acids is 2. The number of alkyl halides is 2. The first-order valence-corrected chi connectivity index (χ1v) is 6.05. The van der Waals surface area contributed by atoms with E-state index in [0.29, 0.717) is 0 Å². The van der Waals surface area contributed by atoms with Crippen molar-refractivity contribution in [2.75, 3.05) is 22.4 Å². The van der Waals surface area contributed by atoms with Gasteiger partial charge in [-0.1, -0.05) is 0 Å². The van der Waals surface area contributed by atoms with Gasteiger partial charge < -0.3 is 10.6 Å². The number of hydrogen-bond donors (Lipinski definition) is 2. The summed E-state index contributed by atoms with van der Waals surface area (Å²) in [5, 5.41) is 15.5. The number of carbonyl (C=O) groups is 2. The van der Waals surface area contributed by atoms with Crippen LogP contribution in [0.1, 0.15) is 0 Å². The number of nitrogens with zero attached hydrogens (tertiary/aromatic N) is 1. The topological polar surface area (TPSA) is 101 Å². The summed E-state index contributed by atoms with van der Waals surface area (Å²) in [5.41, 5.74) is -0.0773. The third-order valence-electron chi connectivity index (χ3n) is 1.99. The monoisotopic (exact) mass is 305 g/mol. The van der Waals surface area contributed by atoms with E-state index < -0.39 is 16.7 Å². The molecule has 9 heteroatoms. The Kier molecular flexibility index (Phi) is 5.53. The van der Waals surface area contributed by atoms with Gasteiger partial charge in [-0.3, -0.25) is 19.7 Å².